The summed E-state index contributed by atoms with van der Waals surface area (Å²) in [6.45, 7) is 5.32. The Balaban J connectivity index is 1.75. The molecule has 3 amide bonds. The lowest BCUT2D eigenvalue weighted by atomic mass is 10.1. The summed E-state index contributed by atoms with van der Waals surface area (Å²) in [5.74, 6) is -1.45. The summed E-state index contributed by atoms with van der Waals surface area (Å²) in [5.41, 5.74) is 2.13. The fourth-order valence-electron chi connectivity index (χ4n) is 2.77. The van der Waals surface area contributed by atoms with Crippen molar-refractivity contribution in [3.8, 4) is 6.01 Å². The maximum atomic E-state index is 12.4. The Kier molecular flexibility index (Phi) is 4.66. The standard InChI is InChI=1S/C18H18N4O4/c1-4-26-18-19-10(2)15(11(3)20-18)21-14(23)9-22-16(24)12-7-5-6-8-13(12)17(22)25/h5-8H,4,9H2,1-3H3,(H,21,23). The Morgan fingerprint density at radius 1 is 1.08 bits per heavy atom. The van der Waals surface area contributed by atoms with Crippen molar-refractivity contribution in [1.29, 1.82) is 0 Å². The van der Waals surface area contributed by atoms with Gasteiger partial charge in [-0.05, 0) is 32.9 Å². The van der Waals surface area contributed by atoms with Crippen molar-refractivity contribution in [2.45, 2.75) is 20.8 Å². The molecule has 3 rings (SSSR count). The first-order chi connectivity index (χ1) is 12.4. The molecule has 2 heterocycles. The first kappa shape index (κ1) is 17.5. The number of benzene rings is 1. The quantitative estimate of drug-likeness (QED) is 0.821. The number of rotatable bonds is 5. The highest BCUT2D eigenvalue weighted by Crippen LogP contribution is 2.23. The molecule has 0 aliphatic carbocycles. The average molecular weight is 354 g/mol. The van der Waals surface area contributed by atoms with Crippen LogP contribution in [0.25, 0.3) is 0 Å². The Hall–Kier alpha value is -3.29. The third kappa shape index (κ3) is 3.13. The zero-order valence-electron chi connectivity index (χ0n) is 14.7. The summed E-state index contributed by atoms with van der Waals surface area (Å²) in [7, 11) is 0. The van der Waals surface area contributed by atoms with Crippen LogP contribution in [-0.4, -0.2) is 45.7 Å². The minimum absolute atomic E-state index is 0.237. The van der Waals surface area contributed by atoms with Crippen LogP contribution in [-0.2, 0) is 4.79 Å². The topological polar surface area (TPSA) is 101 Å². The number of carbonyl (C=O) groups excluding carboxylic acids is 3. The van der Waals surface area contributed by atoms with Crippen LogP contribution in [0.2, 0.25) is 0 Å². The summed E-state index contributed by atoms with van der Waals surface area (Å²) in [5, 5.41) is 2.68. The van der Waals surface area contributed by atoms with Gasteiger partial charge >= 0.3 is 6.01 Å². The number of carbonyl (C=O) groups is 3. The van der Waals surface area contributed by atoms with Gasteiger partial charge in [0.2, 0.25) is 5.91 Å². The van der Waals surface area contributed by atoms with E-state index in [1.54, 1.807) is 38.1 Å². The number of fused-ring (bicyclic) bond motifs is 1. The van der Waals surface area contributed by atoms with Gasteiger partial charge in [0.1, 0.15) is 6.54 Å². The van der Waals surface area contributed by atoms with Crippen molar-refractivity contribution in [2.75, 3.05) is 18.5 Å². The normalized spacial score (nSPS) is 13.0. The molecule has 8 nitrogen and oxygen atoms in total. The van der Waals surface area contributed by atoms with Crippen LogP contribution in [0.1, 0.15) is 39.0 Å². The fraction of sp³-hybridized carbons (Fsp3) is 0.278. The molecule has 1 aliphatic heterocycles. The molecule has 0 atom stereocenters. The molecule has 0 radical (unpaired) electrons. The van der Waals surface area contributed by atoms with Crippen molar-refractivity contribution in [2.24, 2.45) is 0 Å². The Bertz CT molecular complexity index is 852. The number of nitrogens with one attached hydrogen (secondary N) is 1. The number of amides is 3. The third-order valence-electron chi connectivity index (χ3n) is 3.97. The molecule has 0 saturated carbocycles. The van der Waals surface area contributed by atoms with Crippen LogP contribution in [0, 0.1) is 13.8 Å². The maximum absolute atomic E-state index is 12.4. The van der Waals surface area contributed by atoms with Gasteiger partial charge in [-0.3, -0.25) is 19.3 Å². The number of aromatic nitrogens is 2. The van der Waals surface area contributed by atoms with Gasteiger partial charge in [-0.1, -0.05) is 12.1 Å². The molecule has 0 unspecified atom stereocenters. The first-order valence-corrected chi connectivity index (χ1v) is 8.15. The number of aryl methyl sites for hydroxylation is 2. The van der Waals surface area contributed by atoms with Crippen LogP contribution in [0.4, 0.5) is 5.69 Å². The van der Waals surface area contributed by atoms with Gasteiger partial charge < -0.3 is 10.1 Å². The van der Waals surface area contributed by atoms with Gasteiger partial charge in [-0.15, -0.1) is 0 Å². The highest BCUT2D eigenvalue weighted by atomic mass is 16.5. The zero-order chi connectivity index (χ0) is 18.8. The van der Waals surface area contributed by atoms with E-state index < -0.39 is 17.7 Å². The highest BCUT2D eigenvalue weighted by molar-refractivity contribution is 6.22. The van der Waals surface area contributed by atoms with Gasteiger partial charge in [-0.25, -0.2) is 0 Å². The third-order valence-corrected chi connectivity index (χ3v) is 3.97. The molecule has 2 aromatic rings. The van der Waals surface area contributed by atoms with E-state index in [0.717, 1.165) is 4.90 Å². The predicted octanol–water partition coefficient (Wildman–Crippen LogP) is 1.73. The molecule has 0 fully saturated rings. The molecule has 1 aromatic heterocycles. The summed E-state index contributed by atoms with van der Waals surface area (Å²) in [4.78, 5) is 46.3. The monoisotopic (exact) mass is 354 g/mol. The summed E-state index contributed by atoms with van der Waals surface area (Å²) < 4.78 is 5.27. The van der Waals surface area contributed by atoms with Crippen LogP contribution in [0.15, 0.2) is 24.3 Å². The second-order valence-corrected chi connectivity index (χ2v) is 5.78. The molecule has 1 N–H and O–H groups in total. The number of ether oxygens (including phenoxy) is 1. The fourth-order valence-corrected chi connectivity index (χ4v) is 2.77. The Morgan fingerprint density at radius 3 is 2.12 bits per heavy atom. The largest absolute Gasteiger partial charge is 0.464 e. The molecule has 1 aromatic carbocycles. The van der Waals surface area contributed by atoms with Crippen molar-refractivity contribution in [1.82, 2.24) is 14.9 Å². The van der Waals surface area contributed by atoms with Gasteiger partial charge in [0.05, 0.1) is 34.8 Å². The summed E-state index contributed by atoms with van der Waals surface area (Å²) in [6.07, 6.45) is 0. The number of hydrogen-bond acceptors (Lipinski definition) is 6. The molecular formula is C18H18N4O4. The van der Waals surface area contributed by atoms with Crippen molar-refractivity contribution >= 4 is 23.4 Å². The lowest BCUT2D eigenvalue weighted by Gasteiger charge is -2.15. The smallest absolute Gasteiger partial charge is 0.316 e. The molecule has 0 bridgehead atoms. The van der Waals surface area contributed by atoms with Crippen LogP contribution in [0.3, 0.4) is 0 Å². The molecular weight excluding hydrogens is 336 g/mol. The summed E-state index contributed by atoms with van der Waals surface area (Å²) in [6, 6.07) is 6.74. The second kappa shape index (κ2) is 6.91. The van der Waals surface area contributed by atoms with Crippen LogP contribution >= 0.6 is 0 Å². The van der Waals surface area contributed by atoms with E-state index in [1.165, 1.54) is 0 Å². The molecule has 134 valence electrons. The number of anilines is 1. The average Bonchev–Trinajstić information content (AvgIpc) is 2.84. The van der Waals surface area contributed by atoms with Gasteiger partial charge in [0.25, 0.3) is 11.8 Å². The van der Waals surface area contributed by atoms with Crippen molar-refractivity contribution in [3.05, 3.63) is 46.8 Å². The van der Waals surface area contributed by atoms with E-state index in [1.807, 2.05) is 6.92 Å². The van der Waals surface area contributed by atoms with E-state index in [9.17, 15) is 14.4 Å². The van der Waals surface area contributed by atoms with Gasteiger partial charge in [-0.2, -0.15) is 9.97 Å². The minimum Gasteiger partial charge on any atom is -0.464 e. The van der Waals surface area contributed by atoms with Crippen LogP contribution in [0.5, 0.6) is 6.01 Å². The van der Waals surface area contributed by atoms with Crippen LogP contribution < -0.4 is 10.1 Å². The summed E-state index contributed by atoms with van der Waals surface area (Å²) >= 11 is 0. The van der Waals surface area contributed by atoms with E-state index >= 15 is 0 Å². The molecule has 1 aliphatic rings. The van der Waals surface area contributed by atoms with Crippen molar-refractivity contribution in [3.63, 3.8) is 0 Å². The number of imide groups is 1. The molecule has 26 heavy (non-hydrogen) atoms. The lowest BCUT2D eigenvalue weighted by molar-refractivity contribution is -0.116. The van der Waals surface area contributed by atoms with E-state index in [0.29, 0.717) is 34.8 Å². The Labute approximate surface area is 150 Å². The molecule has 0 spiro atoms. The van der Waals surface area contributed by atoms with Gasteiger partial charge in [0.15, 0.2) is 0 Å². The molecule has 0 saturated heterocycles. The number of hydrogen-bond donors (Lipinski definition) is 1. The first-order valence-electron chi connectivity index (χ1n) is 8.15. The molecule has 8 heteroatoms. The predicted molar refractivity (Wildman–Crippen MR) is 93.1 cm³/mol. The van der Waals surface area contributed by atoms with E-state index in [4.69, 9.17) is 4.74 Å². The maximum Gasteiger partial charge on any atom is 0.316 e. The Morgan fingerprint density at radius 2 is 1.62 bits per heavy atom. The highest BCUT2D eigenvalue weighted by Gasteiger charge is 2.36. The zero-order valence-corrected chi connectivity index (χ0v) is 14.7. The van der Waals surface area contributed by atoms with Crippen molar-refractivity contribution < 1.29 is 19.1 Å². The lowest BCUT2D eigenvalue weighted by Crippen LogP contribution is -2.37. The minimum atomic E-state index is -0.501. The SMILES string of the molecule is CCOc1nc(C)c(NC(=O)CN2C(=O)c3ccccc3C2=O)c(C)n1. The van der Waals surface area contributed by atoms with E-state index in [2.05, 4.69) is 15.3 Å². The van der Waals surface area contributed by atoms with E-state index in [-0.39, 0.29) is 12.6 Å². The van der Waals surface area contributed by atoms with Gasteiger partial charge in [0, 0.05) is 0 Å². The number of nitrogens with zero attached hydrogens (tertiary/aromatic N) is 3. The second-order valence-electron chi connectivity index (χ2n) is 5.78.